The lowest BCUT2D eigenvalue weighted by atomic mass is 9.89. The molecule has 0 N–H and O–H groups in total. The van der Waals surface area contributed by atoms with Crippen molar-refractivity contribution in [3.05, 3.63) is 23.3 Å². The first-order valence-corrected chi connectivity index (χ1v) is 9.13. The van der Waals surface area contributed by atoms with Gasteiger partial charge in [0.05, 0.1) is 12.2 Å². The van der Waals surface area contributed by atoms with Crippen LogP contribution in [-0.2, 0) is 14.3 Å². The number of hydrogen-bond acceptors (Lipinski definition) is 3. The van der Waals surface area contributed by atoms with Gasteiger partial charge >= 0.3 is 5.97 Å². The average molecular weight is 322 g/mol. The first-order valence-electron chi connectivity index (χ1n) is 9.13. The average Bonchev–Trinajstić information content (AvgIpc) is 2.92. The summed E-state index contributed by atoms with van der Waals surface area (Å²) < 4.78 is 10.9. The molecule has 132 valence electrons. The highest BCUT2D eigenvalue weighted by Gasteiger charge is 2.23. The Morgan fingerprint density at radius 1 is 1.30 bits per heavy atom. The molecular formula is C20H34O3. The van der Waals surface area contributed by atoms with E-state index >= 15 is 0 Å². The predicted octanol–water partition coefficient (Wildman–Crippen LogP) is 5.21. The van der Waals surface area contributed by atoms with Gasteiger partial charge in [-0.05, 0) is 70.8 Å². The van der Waals surface area contributed by atoms with Crippen molar-refractivity contribution in [2.24, 2.45) is 5.92 Å². The van der Waals surface area contributed by atoms with E-state index in [0.29, 0.717) is 12.5 Å². The van der Waals surface area contributed by atoms with Crippen molar-refractivity contribution in [1.29, 1.82) is 0 Å². The second kappa shape index (κ2) is 9.92. The van der Waals surface area contributed by atoms with Gasteiger partial charge in [-0.3, -0.25) is 0 Å². The van der Waals surface area contributed by atoms with Gasteiger partial charge in [0, 0.05) is 12.7 Å². The van der Waals surface area contributed by atoms with Gasteiger partial charge in [-0.25, -0.2) is 4.79 Å². The van der Waals surface area contributed by atoms with Crippen molar-refractivity contribution < 1.29 is 14.3 Å². The molecule has 23 heavy (non-hydrogen) atoms. The lowest BCUT2D eigenvalue weighted by Crippen LogP contribution is -2.28. The fourth-order valence-electron chi connectivity index (χ4n) is 3.12. The van der Waals surface area contributed by atoms with E-state index in [-0.39, 0.29) is 11.6 Å². The van der Waals surface area contributed by atoms with E-state index in [1.54, 1.807) is 6.08 Å². The van der Waals surface area contributed by atoms with E-state index in [1.807, 2.05) is 6.92 Å². The molecule has 1 aliphatic carbocycles. The monoisotopic (exact) mass is 322 g/mol. The zero-order valence-electron chi connectivity index (χ0n) is 15.6. The highest BCUT2D eigenvalue weighted by molar-refractivity contribution is 5.83. The van der Waals surface area contributed by atoms with Crippen molar-refractivity contribution in [2.75, 3.05) is 13.2 Å². The van der Waals surface area contributed by atoms with Gasteiger partial charge in [-0.15, -0.1) is 0 Å². The van der Waals surface area contributed by atoms with Crippen LogP contribution in [0.5, 0.6) is 0 Å². The fraction of sp³-hybridized carbons (Fsp3) is 0.750. The van der Waals surface area contributed by atoms with E-state index in [4.69, 9.17) is 9.47 Å². The molecule has 0 heterocycles. The molecule has 0 saturated heterocycles. The van der Waals surface area contributed by atoms with Crippen molar-refractivity contribution in [3.63, 3.8) is 0 Å². The number of carbonyl (C=O) groups excluding carboxylic acids is 1. The van der Waals surface area contributed by atoms with E-state index in [9.17, 15) is 4.79 Å². The van der Waals surface area contributed by atoms with Gasteiger partial charge < -0.3 is 9.47 Å². The van der Waals surface area contributed by atoms with Crippen LogP contribution < -0.4 is 0 Å². The van der Waals surface area contributed by atoms with Crippen LogP contribution in [0.2, 0.25) is 0 Å². The summed E-state index contributed by atoms with van der Waals surface area (Å²) in [6.07, 6.45) is 10.3. The zero-order chi connectivity index (χ0) is 17.3. The maximum absolute atomic E-state index is 11.5. The molecule has 0 radical (unpaired) electrons. The van der Waals surface area contributed by atoms with Crippen LogP contribution in [0.3, 0.4) is 0 Å². The number of esters is 1. The second-order valence-corrected chi connectivity index (χ2v) is 6.86. The minimum atomic E-state index is -0.219. The maximum Gasteiger partial charge on any atom is 0.331 e. The highest BCUT2D eigenvalue weighted by atomic mass is 16.5. The topological polar surface area (TPSA) is 35.5 Å². The fourth-order valence-corrected chi connectivity index (χ4v) is 3.12. The van der Waals surface area contributed by atoms with Gasteiger partial charge in [-0.1, -0.05) is 25.5 Å². The first kappa shape index (κ1) is 20.0. The quantitative estimate of drug-likeness (QED) is 0.409. The summed E-state index contributed by atoms with van der Waals surface area (Å²) in [5, 5.41) is 0. The molecule has 3 nitrogen and oxygen atoms in total. The van der Waals surface area contributed by atoms with E-state index in [0.717, 1.165) is 44.3 Å². The van der Waals surface area contributed by atoms with Crippen LogP contribution in [0.4, 0.5) is 0 Å². The number of carbonyl (C=O) groups is 1. The Bertz CT molecular complexity index is 436. The molecule has 3 heteroatoms. The van der Waals surface area contributed by atoms with Crippen LogP contribution in [-0.4, -0.2) is 24.8 Å². The third-order valence-corrected chi connectivity index (χ3v) is 4.73. The highest BCUT2D eigenvalue weighted by Crippen LogP contribution is 2.31. The number of rotatable bonds is 10. The summed E-state index contributed by atoms with van der Waals surface area (Å²) in [5.74, 6) is 0.429. The van der Waals surface area contributed by atoms with Crippen molar-refractivity contribution in [3.8, 4) is 0 Å². The minimum Gasteiger partial charge on any atom is -0.463 e. The Morgan fingerprint density at radius 2 is 2.04 bits per heavy atom. The lowest BCUT2D eigenvalue weighted by molar-refractivity contribution is -0.137. The van der Waals surface area contributed by atoms with Crippen molar-refractivity contribution in [2.45, 2.75) is 78.7 Å². The van der Waals surface area contributed by atoms with Crippen molar-refractivity contribution >= 4 is 5.97 Å². The normalized spacial score (nSPS) is 20.2. The van der Waals surface area contributed by atoms with Gasteiger partial charge in [0.1, 0.15) is 0 Å². The van der Waals surface area contributed by atoms with E-state index < -0.39 is 0 Å². The summed E-state index contributed by atoms with van der Waals surface area (Å²) in [7, 11) is 0. The Balaban J connectivity index is 2.46. The molecule has 1 rings (SSSR count). The molecule has 0 aromatic carbocycles. The summed E-state index contributed by atoms with van der Waals surface area (Å²) >= 11 is 0. The number of allylic oxidation sites excluding steroid dienone is 3. The molecule has 0 aromatic rings. The van der Waals surface area contributed by atoms with Crippen LogP contribution >= 0.6 is 0 Å². The Hall–Kier alpha value is -1.09. The van der Waals surface area contributed by atoms with Crippen molar-refractivity contribution in [1.82, 2.24) is 0 Å². The molecular weight excluding hydrogens is 288 g/mol. The number of hydrogen-bond donors (Lipinski definition) is 0. The van der Waals surface area contributed by atoms with Crippen LogP contribution in [0.25, 0.3) is 0 Å². The van der Waals surface area contributed by atoms with Crippen LogP contribution in [0.1, 0.15) is 73.1 Å². The summed E-state index contributed by atoms with van der Waals surface area (Å²) in [6.45, 7) is 11.9. The smallest absolute Gasteiger partial charge is 0.331 e. The molecule has 0 aromatic heterocycles. The molecule has 2 unspecified atom stereocenters. The van der Waals surface area contributed by atoms with Gasteiger partial charge in [0.25, 0.3) is 0 Å². The standard InChI is InChI=1S/C20H34O3/c1-6-20(5,23-8-3)12-11-16(4)13-17-9-10-18(14-17)15-19(21)22-7-2/h14-16H,6-13H2,1-5H3/b18-15+. The van der Waals surface area contributed by atoms with Gasteiger partial charge in [0.2, 0.25) is 0 Å². The molecule has 0 bridgehead atoms. The van der Waals surface area contributed by atoms with Crippen LogP contribution in [0.15, 0.2) is 23.3 Å². The molecule has 1 aliphatic rings. The molecule has 0 fully saturated rings. The Kier molecular flexibility index (Phi) is 8.60. The largest absolute Gasteiger partial charge is 0.463 e. The summed E-state index contributed by atoms with van der Waals surface area (Å²) in [6, 6.07) is 0. The molecule has 2 atom stereocenters. The summed E-state index contributed by atoms with van der Waals surface area (Å²) in [4.78, 5) is 11.5. The zero-order valence-corrected chi connectivity index (χ0v) is 15.6. The molecule has 0 amide bonds. The Morgan fingerprint density at radius 3 is 2.65 bits per heavy atom. The maximum atomic E-state index is 11.5. The molecule has 0 spiro atoms. The first-order chi connectivity index (χ1) is 10.9. The SMILES string of the molecule is CCOC(=O)/C=C1/C=C(CC(C)CCC(C)(CC)OCC)CC1. The van der Waals surface area contributed by atoms with Gasteiger partial charge in [0.15, 0.2) is 0 Å². The number of ether oxygens (including phenoxy) is 2. The molecule has 0 saturated carbocycles. The van der Waals surface area contributed by atoms with E-state index in [1.165, 1.54) is 12.0 Å². The van der Waals surface area contributed by atoms with Crippen LogP contribution in [0, 0.1) is 5.92 Å². The lowest BCUT2D eigenvalue weighted by Gasteiger charge is -2.29. The third-order valence-electron chi connectivity index (χ3n) is 4.73. The molecule has 0 aliphatic heterocycles. The predicted molar refractivity (Wildman–Crippen MR) is 95.4 cm³/mol. The summed E-state index contributed by atoms with van der Waals surface area (Å²) in [5.41, 5.74) is 2.59. The van der Waals surface area contributed by atoms with E-state index in [2.05, 4.69) is 33.8 Å². The van der Waals surface area contributed by atoms with Gasteiger partial charge in [-0.2, -0.15) is 0 Å². The minimum absolute atomic E-state index is 0.0159. The Labute approximate surface area is 142 Å². The third kappa shape index (κ3) is 7.34. The second-order valence-electron chi connectivity index (χ2n) is 6.86.